The fourth-order valence-corrected chi connectivity index (χ4v) is 2.45. The lowest BCUT2D eigenvalue weighted by Crippen LogP contribution is -2.47. The van der Waals surface area contributed by atoms with Gasteiger partial charge in [0, 0.05) is 35.6 Å². The summed E-state index contributed by atoms with van der Waals surface area (Å²) in [4.78, 5) is 0. The summed E-state index contributed by atoms with van der Waals surface area (Å²) in [5.41, 5.74) is 7.06. The van der Waals surface area contributed by atoms with E-state index in [2.05, 4.69) is 5.32 Å². The van der Waals surface area contributed by atoms with E-state index in [0.29, 0.717) is 21.7 Å². The van der Waals surface area contributed by atoms with Crippen LogP contribution in [-0.4, -0.2) is 20.2 Å². The molecule has 1 fully saturated rings. The number of hydrogen-bond donors (Lipinski definition) is 2. The van der Waals surface area contributed by atoms with Crippen molar-refractivity contribution in [2.45, 2.75) is 6.04 Å². The zero-order valence-corrected chi connectivity index (χ0v) is 10.5. The van der Waals surface area contributed by atoms with Crippen LogP contribution < -0.4 is 15.8 Å². The van der Waals surface area contributed by atoms with E-state index in [4.69, 9.17) is 33.7 Å². The Hall–Kier alpha value is -0.480. The zero-order chi connectivity index (χ0) is 11.7. The molecule has 16 heavy (non-hydrogen) atoms. The molecule has 0 bridgehead atoms. The first-order valence-electron chi connectivity index (χ1n) is 5.12. The predicted octanol–water partition coefficient (Wildman–Crippen LogP) is 2.22. The van der Waals surface area contributed by atoms with Gasteiger partial charge in [0.2, 0.25) is 0 Å². The Bertz CT molecular complexity index is 394. The van der Waals surface area contributed by atoms with Gasteiger partial charge in [-0.1, -0.05) is 23.2 Å². The van der Waals surface area contributed by atoms with Gasteiger partial charge in [-0.25, -0.2) is 0 Å². The lowest BCUT2D eigenvalue weighted by molar-refractivity contribution is 0.288. The summed E-state index contributed by atoms with van der Waals surface area (Å²) >= 11 is 12.0. The highest BCUT2D eigenvalue weighted by molar-refractivity contribution is 6.35. The Morgan fingerprint density at radius 2 is 2.12 bits per heavy atom. The van der Waals surface area contributed by atoms with Crippen LogP contribution in [0.2, 0.25) is 10.0 Å². The summed E-state index contributed by atoms with van der Waals surface area (Å²) in [6.07, 6.45) is 0. The van der Waals surface area contributed by atoms with E-state index in [1.54, 1.807) is 13.2 Å². The lowest BCUT2D eigenvalue weighted by atomic mass is 9.89. The summed E-state index contributed by atoms with van der Waals surface area (Å²) in [5, 5.41) is 4.29. The molecule has 3 nitrogen and oxygen atoms in total. The highest BCUT2D eigenvalue weighted by Gasteiger charge is 2.28. The second kappa shape index (κ2) is 4.80. The van der Waals surface area contributed by atoms with Gasteiger partial charge in [0.1, 0.15) is 5.75 Å². The number of nitrogens with one attached hydrogen (secondary N) is 1. The first-order valence-corrected chi connectivity index (χ1v) is 5.88. The van der Waals surface area contributed by atoms with Gasteiger partial charge in [-0.05, 0) is 12.1 Å². The molecule has 1 aliphatic rings. The minimum Gasteiger partial charge on any atom is -0.495 e. The van der Waals surface area contributed by atoms with Crippen LogP contribution in [0.15, 0.2) is 12.1 Å². The second-order valence-corrected chi connectivity index (χ2v) is 4.80. The third-order valence-electron chi connectivity index (χ3n) is 2.92. The van der Waals surface area contributed by atoms with Crippen LogP contribution in [0.4, 0.5) is 0 Å². The topological polar surface area (TPSA) is 47.3 Å². The average Bonchev–Trinajstić information content (AvgIpc) is 2.13. The number of halogens is 2. The number of rotatable bonds is 3. The molecule has 5 heteroatoms. The number of methoxy groups -OCH3 is 1. The normalized spacial score (nSPS) is 18.0. The molecular weight excluding hydrogens is 247 g/mol. The van der Waals surface area contributed by atoms with Crippen molar-refractivity contribution in [2.24, 2.45) is 11.7 Å². The zero-order valence-electron chi connectivity index (χ0n) is 8.97. The quantitative estimate of drug-likeness (QED) is 0.877. The first kappa shape index (κ1) is 12.0. The third-order valence-corrected chi connectivity index (χ3v) is 3.42. The predicted molar refractivity (Wildman–Crippen MR) is 66.3 cm³/mol. The van der Waals surface area contributed by atoms with Gasteiger partial charge in [0.25, 0.3) is 0 Å². The summed E-state index contributed by atoms with van der Waals surface area (Å²) in [5.74, 6) is 1.05. The van der Waals surface area contributed by atoms with E-state index in [0.717, 1.165) is 18.7 Å². The SMILES string of the molecule is COc1c(Cl)cc(Cl)cc1C(N)C1CNC1. The molecule has 1 heterocycles. The van der Waals surface area contributed by atoms with Gasteiger partial charge in [0.15, 0.2) is 0 Å². The van der Waals surface area contributed by atoms with Crippen LogP contribution in [0.25, 0.3) is 0 Å². The summed E-state index contributed by atoms with van der Waals surface area (Å²) < 4.78 is 5.28. The molecule has 1 aliphatic heterocycles. The van der Waals surface area contributed by atoms with Crippen LogP contribution in [0.5, 0.6) is 5.75 Å². The molecule has 1 saturated heterocycles. The molecule has 1 aromatic rings. The van der Waals surface area contributed by atoms with Crippen molar-refractivity contribution >= 4 is 23.2 Å². The Kier molecular flexibility index (Phi) is 3.60. The Morgan fingerprint density at radius 1 is 1.44 bits per heavy atom. The van der Waals surface area contributed by atoms with Crippen molar-refractivity contribution < 1.29 is 4.74 Å². The molecule has 2 rings (SSSR count). The molecule has 1 atom stereocenters. The molecule has 88 valence electrons. The van der Waals surface area contributed by atoms with E-state index in [-0.39, 0.29) is 6.04 Å². The minimum absolute atomic E-state index is 0.0904. The van der Waals surface area contributed by atoms with Gasteiger partial charge >= 0.3 is 0 Å². The molecule has 0 radical (unpaired) electrons. The van der Waals surface area contributed by atoms with E-state index < -0.39 is 0 Å². The molecule has 1 aromatic carbocycles. The molecule has 0 aromatic heterocycles. The van der Waals surface area contributed by atoms with Crippen molar-refractivity contribution in [1.82, 2.24) is 5.32 Å². The number of ether oxygens (including phenoxy) is 1. The fraction of sp³-hybridized carbons (Fsp3) is 0.455. The largest absolute Gasteiger partial charge is 0.495 e. The monoisotopic (exact) mass is 260 g/mol. The first-order chi connectivity index (χ1) is 7.63. The number of nitrogens with two attached hydrogens (primary N) is 1. The van der Waals surface area contributed by atoms with Crippen LogP contribution in [0.3, 0.4) is 0 Å². The maximum atomic E-state index is 6.18. The van der Waals surface area contributed by atoms with Crippen molar-refractivity contribution in [1.29, 1.82) is 0 Å². The van der Waals surface area contributed by atoms with Gasteiger partial charge in [-0.3, -0.25) is 0 Å². The second-order valence-electron chi connectivity index (χ2n) is 3.95. The average molecular weight is 261 g/mol. The van der Waals surface area contributed by atoms with Crippen molar-refractivity contribution in [3.05, 3.63) is 27.7 Å². The molecule has 3 N–H and O–H groups in total. The summed E-state index contributed by atoms with van der Waals surface area (Å²) in [6, 6.07) is 3.40. The smallest absolute Gasteiger partial charge is 0.142 e. The standard InChI is InChI=1S/C11H14Cl2N2O/c1-16-11-8(2-7(12)3-9(11)13)10(14)6-4-15-5-6/h2-3,6,10,15H,4-5,14H2,1H3. The highest BCUT2D eigenvalue weighted by atomic mass is 35.5. The van der Waals surface area contributed by atoms with E-state index in [1.165, 1.54) is 0 Å². The van der Waals surface area contributed by atoms with Crippen molar-refractivity contribution in [3.8, 4) is 5.75 Å². The minimum atomic E-state index is -0.0904. The molecule has 0 amide bonds. The number of benzene rings is 1. The van der Waals surface area contributed by atoms with E-state index in [1.807, 2.05) is 6.07 Å². The van der Waals surface area contributed by atoms with Crippen LogP contribution in [0, 0.1) is 5.92 Å². The molecule has 0 aliphatic carbocycles. The van der Waals surface area contributed by atoms with E-state index >= 15 is 0 Å². The van der Waals surface area contributed by atoms with Crippen molar-refractivity contribution in [3.63, 3.8) is 0 Å². The summed E-state index contributed by atoms with van der Waals surface area (Å²) in [6.45, 7) is 1.85. The third kappa shape index (κ3) is 2.13. The molecular formula is C11H14Cl2N2O. The fourth-order valence-electron chi connectivity index (χ4n) is 1.86. The maximum Gasteiger partial charge on any atom is 0.142 e. The molecule has 1 unspecified atom stereocenters. The van der Waals surface area contributed by atoms with Gasteiger partial charge < -0.3 is 15.8 Å². The van der Waals surface area contributed by atoms with E-state index in [9.17, 15) is 0 Å². The van der Waals surface area contributed by atoms with Gasteiger partial charge in [-0.2, -0.15) is 0 Å². The highest BCUT2D eigenvalue weighted by Crippen LogP contribution is 2.37. The molecule has 0 saturated carbocycles. The Balaban J connectivity index is 2.36. The van der Waals surface area contributed by atoms with Crippen molar-refractivity contribution in [2.75, 3.05) is 20.2 Å². The number of hydrogen-bond acceptors (Lipinski definition) is 3. The van der Waals surface area contributed by atoms with Crippen LogP contribution >= 0.6 is 23.2 Å². The lowest BCUT2D eigenvalue weighted by Gasteiger charge is -2.33. The maximum absolute atomic E-state index is 6.18. The molecule has 0 spiro atoms. The summed E-state index contributed by atoms with van der Waals surface area (Å²) in [7, 11) is 1.59. The van der Waals surface area contributed by atoms with Crippen LogP contribution in [0.1, 0.15) is 11.6 Å². The van der Waals surface area contributed by atoms with Crippen LogP contribution in [-0.2, 0) is 0 Å². The Labute approximate surface area is 105 Å². The van der Waals surface area contributed by atoms with Gasteiger partial charge in [0.05, 0.1) is 12.1 Å². The van der Waals surface area contributed by atoms with Gasteiger partial charge in [-0.15, -0.1) is 0 Å². The Morgan fingerprint density at radius 3 is 2.62 bits per heavy atom.